The van der Waals surface area contributed by atoms with Gasteiger partial charge in [0.2, 0.25) is 5.91 Å². The number of anilines is 1. The van der Waals surface area contributed by atoms with Crippen LogP contribution in [0.5, 0.6) is 5.75 Å². The van der Waals surface area contributed by atoms with Crippen molar-refractivity contribution < 1.29 is 19.1 Å². The van der Waals surface area contributed by atoms with Crippen LogP contribution >= 0.6 is 0 Å². The number of carbonyl (C=O) groups is 2. The molecular formula is C27H37N3O4. The zero-order chi connectivity index (χ0) is 25.2. The Morgan fingerprint density at radius 3 is 2.38 bits per heavy atom. The normalized spacial score (nSPS) is 10.8. The molecule has 0 spiro atoms. The zero-order valence-corrected chi connectivity index (χ0v) is 20.7. The predicted octanol–water partition coefficient (Wildman–Crippen LogP) is 5.24. The number of amides is 1. The van der Waals surface area contributed by atoms with Gasteiger partial charge < -0.3 is 20.1 Å². The van der Waals surface area contributed by atoms with Gasteiger partial charge in [0.1, 0.15) is 12.6 Å². The molecule has 2 aromatic carbocycles. The molecule has 7 heteroatoms. The average molecular weight is 468 g/mol. The van der Waals surface area contributed by atoms with Crippen molar-refractivity contribution in [2.45, 2.75) is 59.0 Å². The minimum atomic E-state index is -0.407. The standard InChI is InChI=1S/C15H15NO2.C12H22N2O2/c1-11-3-5-12(6-4-11)13-7-8-15(18-10-17)14(9-13)16-2;1-3-5-6-7-10-16-11(4-2)12(15)14-9-8-13/h3-10,16H,1-2H3;11H,3-7,9-10H2,1-2H3,(H,14,15). The van der Waals surface area contributed by atoms with Gasteiger partial charge in [-0.2, -0.15) is 5.26 Å². The molecule has 2 rings (SSSR count). The fraction of sp³-hybridized carbons (Fsp3) is 0.444. The van der Waals surface area contributed by atoms with Crippen LogP contribution in [0.3, 0.4) is 0 Å². The Morgan fingerprint density at radius 2 is 1.79 bits per heavy atom. The van der Waals surface area contributed by atoms with E-state index >= 15 is 0 Å². The second-order valence-corrected chi connectivity index (χ2v) is 7.75. The summed E-state index contributed by atoms with van der Waals surface area (Å²) in [7, 11) is 1.80. The maximum absolute atomic E-state index is 11.5. The van der Waals surface area contributed by atoms with Crippen LogP contribution in [0.25, 0.3) is 11.1 Å². The van der Waals surface area contributed by atoms with Gasteiger partial charge in [0.05, 0.1) is 11.8 Å². The van der Waals surface area contributed by atoms with E-state index in [-0.39, 0.29) is 12.5 Å². The molecule has 0 aliphatic rings. The van der Waals surface area contributed by atoms with E-state index in [2.05, 4.69) is 48.7 Å². The molecule has 184 valence electrons. The Balaban J connectivity index is 0.000000344. The molecule has 0 radical (unpaired) electrons. The largest absolute Gasteiger partial charge is 0.427 e. The number of nitrogens with zero attached hydrogens (tertiary/aromatic N) is 1. The van der Waals surface area contributed by atoms with Gasteiger partial charge in [0.15, 0.2) is 5.75 Å². The van der Waals surface area contributed by atoms with Crippen molar-refractivity contribution in [2.24, 2.45) is 0 Å². The highest BCUT2D eigenvalue weighted by atomic mass is 16.5. The number of nitrogens with one attached hydrogen (secondary N) is 2. The molecule has 0 bridgehead atoms. The Bertz CT molecular complexity index is 907. The quantitative estimate of drug-likeness (QED) is 0.237. The van der Waals surface area contributed by atoms with Crippen LogP contribution in [0.4, 0.5) is 5.69 Å². The summed E-state index contributed by atoms with van der Waals surface area (Å²) in [6.45, 7) is 7.23. The van der Waals surface area contributed by atoms with Gasteiger partial charge in [-0.25, -0.2) is 0 Å². The van der Waals surface area contributed by atoms with Crippen molar-refractivity contribution in [3.63, 3.8) is 0 Å². The van der Waals surface area contributed by atoms with Crippen molar-refractivity contribution in [3.8, 4) is 22.9 Å². The van der Waals surface area contributed by atoms with E-state index in [1.165, 1.54) is 18.4 Å². The molecule has 1 amide bonds. The first-order valence-electron chi connectivity index (χ1n) is 11.8. The molecular weight excluding hydrogens is 430 g/mol. The van der Waals surface area contributed by atoms with Crippen LogP contribution in [-0.4, -0.2) is 38.7 Å². The van der Waals surface area contributed by atoms with Gasteiger partial charge in [0.25, 0.3) is 6.47 Å². The van der Waals surface area contributed by atoms with Gasteiger partial charge in [-0.3, -0.25) is 9.59 Å². The average Bonchev–Trinajstić information content (AvgIpc) is 2.86. The van der Waals surface area contributed by atoms with Crippen LogP contribution in [0.15, 0.2) is 42.5 Å². The van der Waals surface area contributed by atoms with Crippen molar-refractivity contribution >= 4 is 18.1 Å². The lowest BCUT2D eigenvalue weighted by atomic mass is 10.0. The number of hydrogen-bond donors (Lipinski definition) is 2. The summed E-state index contributed by atoms with van der Waals surface area (Å²) >= 11 is 0. The lowest BCUT2D eigenvalue weighted by Gasteiger charge is -2.14. The molecule has 0 saturated carbocycles. The van der Waals surface area contributed by atoms with Crippen molar-refractivity contribution in [2.75, 3.05) is 25.5 Å². The molecule has 0 aliphatic heterocycles. The van der Waals surface area contributed by atoms with E-state index < -0.39 is 6.10 Å². The number of ether oxygens (including phenoxy) is 2. The van der Waals surface area contributed by atoms with Gasteiger partial charge in [-0.15, -0.1) is 0 Å². The summed E-state index contributed by atoms with van der Waals surface area (Å²) in [5.41, 5.74) is 4.24. The molecule has 0 saturated heterocycles. The fourth-order valence-electron chi connectivity index (χ4n) is 3.18. The summed E-state index contributed by atoms with van der Waals surface area (Å²) in [5.74, 6) is 0.350. The lowest BCUT2D eigenvalue weighted by Crippen LogP contribution is -2.36. The highest BCUT2D eigenvalue weighted by Crippen LogP contribution is 2.30. The molecule has 0 aliphatic carbocycles. The summed E-state index contributed by atoms with van der Waals surface area (Å²) in [5, 5.41) is 13.9. The van der Waals surface area contributed by atoms with Gasteiger partial charge in [-0.1, -0.05) is 69.0 Å². The third kappa shape index (κ3) is 10.5. The Labute approximate surface area is 203 Å². The maximum atomic E-state index is 11.5. The lowest BCUT2D eigenvalue weighted by molar-refractivity contribution is -0.132. The number of rotatable bonds is 13. The Hall–Kier alpha value is -3.37. The first kappa shape index (κ1) is 28.7. The third-order valence-electron chi connectivity index (χ3n) is 5.13. The minimum absolute atomic E-state index is 0.0501. The summed E-state index contributed by atoms with van der Waals surface area (Å²) < 4.78 is 10.4. The second kappa shape index (κ2) is 17.2. The number of unbranched alkanes of at least 4 members (excludes halogenated alkanes) is 3. The van der Waals surface area contributed by atoms with E-state index in [0.717, 1.165) is 29.7 Å². The number of hydrogen-bond acceptors (Lipinski definition) is 6. The molecule has 34 heavy (non-hydrogen) atoms. The number of aryl methyl sites for hydroxylation is 1. The van der Waals surface area contributed by atoms with E-state index in [1.54, 1.807) is 13.1 Å². The molecule has 0 heterocycles. The fourth-order valence-corrected chi connectivity index (χ4v) is 3.18. The first-order chi connectivity index (χ1) is 16.5. The zero-order valence-electron chi connectivity index (χ0n) is 20.7. The summed E-state index contributed by atoms with van der Waals surface area (Å²) in [6.07, 6.45) is 4.78. The second-order valence-electron chi connectivity index (χ2n) is 7.75. The molecule has 7 nitrogen and oxygen atoms in total. The summed E-state index contributed by atoms with van der Waals surface area (Å²) in [4.78, 5) is 21.9. The molecule has 0 fully saturated rings. The van der Waals surface area contributed by atoms with Crippen LogP contribution in [0.2, 0.25) is 0 Å². The number of benzene rings is 2. The monoisotopic (exact) mass is 467 g/mol. The third-order valence-corrected chi connectivity index (χ3v) is 5.13. The molecule has 1 atom stereocenters. The highest BCUT2D eigenvalue weighted by Gasteiger charge is 2.15. The van der Waals surface area contributed by atoms with Gasteiger partial charge in [-0.05, 0) is 43.0 Å². The molecule has 0 aromatic heterocycles. The summed E-state index contributed by atoms with van der Waals surface area (Å²) in [6, 6.07) is 15.9. The van der Waals surface area contributed by atoms with Crippen molar-refractivity contribution in [1.29, 1.82) is 5.26 Å². The molecule has 1 unspecified atom stereocenters. The van der Waals surface area contributed by atoms with E-state index in [1.807, 2.05) is 25.1 Å². The van der Waals surface area contributed by atoms with Gasteiger partial charge in [0, 0.05) is 13.7 Å². The number of nitriles is 1. The maximum Gasteiger partial charge on any atom is 0.298 e. The minimum Gasteiger partial charge on any atom is -0.427 e. The highest BCUT2D eigenvalue weighted by molar-refractivity contribution is 5.80. The van der Waals surface area contributed by atoms with E-state index in [0.29, 0.717) is 25.2 Å². The number of carbonyl (C=O) groups excluding carboxylic acids is 2. The SMILES string of the molecule is CCCCCCOC(CC)C(=O)NCC#N.CNc1cc(-c2ccc(C)cc2)ccc1OC=O. The predicted molar refractivity (Wildman–Crippen MR) is 136 cm³/mol. The molecule has 2 aromatic rings. The Kier molecular flexibility index (Phi) is 14.5. The van der Waals surface area contributed by atoms with Crippen molar-refractivity contribution in [1.82, 2.24) is 5.32 Å². The van der Waals surface area contributed by atoms with Gasteiger partial charge >= 0.3 is 0 Å². The van der Waals surface area contributed by atoms with Crippen molar-refractivity contribution in [3.05, 3.63) is 48.0 Å². The topological polar surface area (TPSA) is 100 Å². The van der Waals surface area contributed by atoms with Crippen LogP contribution in [0.1, 0.15) is 51.5 Å². The first-order valence-corrected chi connectivity index (χ1v) is 11.8. The Morgan fingerprint density at radius 1 is 1.09 bits per heavy atom. The van der Waals surface area contributed by atoms with Crippen LogP contribution < -0.4 is 15.4 Å². The van der Waals surface area contributed by atoms with Crippen LogP contribution in [-0.2, 0) is 14.3 Å². The van der Waals surface area contributed by atoms with E-state index in [4.69, 9.17) is 14.7 Å². The molecule has 2 N–H and O–H groups in total. The van der Waals surface area contributed by atoms with E-state index in [9.17, 15) is 9.59 Å². The van der Waals surface area contributed by atoms with Crippen LogP contribution in [0, 0.1) is 18.3 Å². The smallest absolute Gasteiger partial charge is 0.298 e.